The van der Waals surface area contributed by atoms with E-state index in [9.17, 15) is 0 Å². The minimum Gasteiger partial charge on any atom is -0.379 e. The Kier molecular flexibility index (Phi) is 4.94. The van der Waals surface area contributed by atoms with Gasteiger partial charge < -0.3 is 10.1 Å². The number of ether oxygens (including phenoxy) is 1. The number of nitrogens with one attached hydrogen (secondary N) is 1. The zero-order valence-electron chi connectivity index (χ0n) is 11.9. The Morgan fingerprint density at radius 2 is 2.15 bits per heavy atom. The van der Waals surface area contributed by atoms with E-state index in [4.69, 9.17) is 16.3 Å². The van der Waals surface area contributed by atoms with Crippen LogP contribution in [0.5, 0.6) is 0 Å². The molecule has 0 spiro atoms. The fourth-order valence-electron chi connectivity index (χ4n) is 3.06. The third-order valence-corrected chi connectivity index (χ3v) is 4.61. The molecule has 2 saturated heterocycles. The molecular weight excluding hydrogens is 272 g/mol. The van der Waals surface area contributed by atoms with Gasteiger partial charge in [-0.15, -0.1) is 0 Å². The van der Waals surface area contributed by atoms with Crippen molar-refractivity contribution in [1.82, 2.24) is 10.2 Å². The third kappa shape index (κ3) is 3.73. The molecule has 3 rings (SSSR count). The van der Waals surface area contributed by atoms with Crippen LogP contribution in [0, 0.1) is 0 Å². The van der Waals surface area contributed by atoms with E-state index in [0.717, 1.165) is 50.8 Å². The molecule has 3 nitrogen and oxygen atoms in total. The number of rotatable bonds is 4. The second kappa shape index (κ2) is 6.90. The summed E-state index contributed by atoms with van der Waals surface area (Å²) >= 11 is 6.46. The molecule has 2 aliphatic rings. The van der Waals surface area contributed by atoms with Crippen LogP contribution in [-0.2, 0) is 17.7 Å². The topological polar surface area (TPSA) is 24.5 Å². The van der Waals surface area contributed by atoms with Gasteiger partial charge in [0.1, 0.15) is 0 Å². The van der Waals surface area contributed by atoms with Gasteiger partial charge in [-0.2, -0.15) is 0 Å². The SMILES string of the molecule is Clc1cc(CC2CCCN2)ccc1CN1CCOCC1. The molecule has 1 aromatic rings. The van der Waals surface area contributed by atoms with E-state index in [1.54, 1.807) is 0 Å². The van der Waals surface area contributed by atoms with Crippen molar-refractivity contribution in [3.05, 3.63) is 34.3 Å². The van der Waals surface area contributed by atoms with E-state index in [2.05, 4.69) is 28.4 Å². The zero-order chi connectivity index (χ0) is 13.8. The predicted molar refractivity (Wildman–Crippen MR) is 82.3 cm³/mol. The summed E-state index contributed by atoms with van der Waals surface area (Å²) in [5, 5.41) is 4.45. The lowest BCUT2D eigenvalue weighted by molar-refractivity contribution is 0.0342. The summed E-state index contributed by atoms with van der Waals surface area (Å²) in [6.07, 6.45) is 3.68. The summed E-state index contributed by atoms with van der Waals surface area (Å²) in [5.74, 6) is 0. The van der Waals surface area contributed by atoms with Crippen LogP contribution < -0.4 is 5.32 Å². The first-order chi connectivity index (χ1) is 9.81. The van der Waals surface area contributed by atoms with Crippen LogP contribution in [-0.4, -0.2) is 43.8 Å². The first-order valence-corrected chi connectivity index (χ1v) is 8.00. The molecule has 0 aliphatic carbocycles. The molecule has 1 N–H and O–H groups in total. The lowest BCUT2D eigenvalue weighted by atomic mass is 10.0. The molecule has 0 saturated carbocycles. The van der Waals surface area contributed by atoms with E-state index in [1.807, 2.05) is 0 Å². The Balaban J connectivity index is 1.60. The summed E-state index contributed by atoms with van der Waals surface area (Å²) in [6, 6.07) is 7.22. The number of halogens is 1. The van der Waals surface area contributed by atoms with Crippen molar-refractivity contribution in [1.29, 1.82) is 0 Å². The Bertz CT molecular complexity index is 440. The monoisotopic (exact) mass is 294 g/mol. The van der Waals surface area contributed by atoms with Gasteiger partial charge in [0.2, 0.25) is 0 Å². The van der Waals surface area contributed by atoms with E-state index in [1.165, 1.54) is 24.0 Å². The molecule has 1 aromatic carbocycles. The fraction of sp³-hybridized carbons (Fsp3) is 0.625. The molecule has 0 bridgehead atoms. The standard InChI is InChI=1S/C16H23ClN2O/c17-16-11-13(10-15-2-1-5-18-15)3-4-14(16)12-19-6-8-20-9-7-19/h3-4,11,15,18H,1-2,5-10,12H2. The number of hydrogen-bond donors (Lipinski definition) is 1. The minimum atomic E-state index is 0.635. The number of hydrogen-bond acceptors (Lipinski definition) is 3. The summed E-state index contributed by atoms with van der Waals surface area (Å²) in [6.45, 7) is 5.78. The highest BCUT2D eigenvalue weighted by Gasteiger charge is 2.16. The molecule has 2 fully saturated rings. The van der Waals surface area contributed by atoms with Crippen LogP contribution in [0.25, 0.3) is 0 Å². The van der Waals surface area contributed by atoms with E-state index >= 15 is 0 Å². The molecule has 2 aliphatic heterocycles. The van der Waals surface area contributed by atoms with Crippen molar-refractivity contribution < 1.29 is 4.74 Å². The Morgan fingerprint density at radius 1 is 1.30 bits per heavy atom. The fourth-order valence-corrected chi connectivity index (χ4v) is 3.32. The maximum Gasteiger partial charge on any atom is 0.0594 e. The van der Waals surface area contributed by atoms with Crippen molar-refractivity contribution in [2.75, 3.05) is 32.8 Å². The minimum absolute atomic E-state index is 0.635. The van der Waals surface area contributed by atoms with E-state index < -0.39 is 0 Å². The highest BCUT2D eigenvalue weighted by Crippen LogP contribution is 2.22. The lowest BCUT2D eigenvalue weighted by Gasteiger charge is -2.27. The second-order valence-corrected chi connectivity index (χ2v) is 6.22. The Morgan fingerprint density at radius 3 is 2.85 bits per heavy atom. The van der Waals surface area contributed by atoms with Gasteiger partial charge in [0.25, 0.3) is 0 Å². The number of morpholine rings is 1. The zero-order valence-corrected chi connectivity index (χ0v) is 12.7. The maximum absolute atomic E-state index is 6.46. The van der Waals surface area contributed by atoms with Crippen LogP contribution in [0.1, 0.15) is 24.0 Å². The molecule has 110 valence electrons. The van der Waals surface area contributed by atoms with E-state index in [-0.39, 0.29) is 0 Å². The van der Waals surface area contributed by atoms with Crippen LogP contribution in [0.3, 0.4) is 0 Å². The summed E-state index contributed by atoms with van der Waals surface area (Å²) in [7, 11) is 0. The molecule has 0 radical (unpaired) electrons. The van der Waals surface area contributed by atoms with Crippen molar-refractivity contribution in [3.8, 4) is 0 Å². The van der Waals surface area contributed by atoms with Gasteiger partial charge in [-0.1, -0.05) is 23.7 Å². The van der Waals surface area contributed by atoms with Crippen molar-refractivity contribution >= 4 is 11.6 Å². The molecular formula is C16H23ClN2O. The smallest absolute Gasteiger partial charge is 0.0594 e. The van der Waals surface area contributed by atoms with Crippen molar-refractivity contribution in [2.45, 2.75) is 31.8 Å². The summed E-state index contributed by atoms with van der Waals surface area (Å²) < 4.78 is 5.38. The molecule has 4 heteroatoms. The maximum atomic E-state index is 6.46. The van der Waals surface area contributed by atoms with Crippen LogP contribution >= 0.6 is 11.6 Å². The normalized spacial score (nSPS) is 24.1. The first-order valence-electron chi connectivity index (χ1n) is 7.62. The van der Waals surface area contributed by atoms with Gasteiger partial charge in [0, 0.05) is 30.7 Å². The molecule has 0 aromatic heterocycles. The molecule has 1 atom stereocenters. The van der Waals surface area contributed by atoms with Crippen LogP contribution in [0.4, 0.5) is 0 Å². The number of benzene rings is 1. The lowest BCUT2D eigenvalue weighted by Crippen LogP contribution is -2.35. The summed E-state index contributed by atoms with van der Waals surface area (Å²) in [5.41, 5.74) is 2.58. The predicted octanol–water partition coefficient (Wildman–Crippen LogP) is 2.47. The highest BCUT2D eigenvalue weighted by molar-refractivity contribution is 6.31. The third-order valence-electron chi connectivity index (χ3n) is 4.26. The average Bonchev–Trinajstić information content (AvgIpc) is 2.96. The van der Waals surface area contributed by atoms with Crippen LogP contribution in [0.15, 0.2) is 18.2 Å². The Hall–Kier alpha value is -0.610. The van der Waals surface area contributed by atoms with Gasteiger partial charge in [-0.25, -0.2) is 0 Å². The van der Waals surface area contributed by atoms with E-state index in [0.29, 0.717) is 6.04 Å². The van der Waals surface area contributed by atoms with Crippen molar-refractivity contribution in [2.24, 2.45) is 0 Å². The largest absolute Gasteiger partial charge is 0.379 e. The average molecular weight is 295 g/mol. The molecule has 20 heavy (non-hydrogen) atoms. The van der Waals surface area contributed by atoms with Crippen molar-refractivity contribution in [3.63, 3.8) is 0 Å². The summed E-state index contributed by atoms with van der Waals surface area (Å²) in [4.78, 5) is 2.41. The highest BCUT2D eigenvalue weighted by atomic mass is 35.5. The number of nitrogens with zero attached hydrogens (tertiary/aromatic N) is 1. The van der Waals surface area contributed by atoms with Gasteiger partial charge >= 0.3 is 0 Å². The van der Waals surface area contributed by atoms with Gasteiger partial charge in [-0.3, -0.25) is 4.90 Å². The molecule has 0 amide bonds. The van der Waals surface area contributed by atoms with Gasteiger partial charge in [-0.05, 0) is 43.0 Å². The second-order valence-electron chi connectivity index (χ2n) is 5.81. The van der Waals surface area contributed by atoms with Gasteiger partial charge in [0.15, 0.2) is 0 Å². The quantitative estimate of drug-likeness (QED) is 0.923. The van der Waals surface area contributed by atoms with Crippen LogP contribution in [0.2, 0.25) is 5.02 Å². The Labute approximate surface area is 126 Å². The molecule has 2 heterocycles. The first kappa shape index (κ1) is 14.3. The van der Waals surface area contributed by atoms with Gasteiger partial charge in [0.05, 0.1) is 13.2 Å². The molecule has 1 unspecified atom stereocenters.